The summed E-state index contributed by atoms with van der Waals surface area (Å²) in [4.78, 5) is 4.32. The largest absolute Gasteiger partial charge is 0.454 e. The average Bonchev–Trinajstić information content (AvgIpc) is 3.02. The van der Waals surface area contributed by atoms with Crippen LogP contribution in [0.25, 0.3) is 0 Å². The smallest absolute Gasteiger partial charge is 0.231 e. The quantitative estimate of drug-likeness (QED) is 0.663. The van der Waals surface area contributed by atoms with Crippen molar-refractivity contribution in [2.24, 2.45) is 4.99 Å². The Morgan fingerprint density at radius 3 is 2.82 bits per heavy atom. The predicted octanol–water partition coefficient (Wildman–Crippen LogP) is 2.46. The van der Waals surface area contributed by atoms with E-state index in [-0.39, 0.29) is 0 Å². The zero-order valence-electron chi connectivity index (χ0n) is 13.2. The summed E-state index contributed by atoms with van der Waals surface area (Å²) in [7, 11) is 1.83. The minimum atomic E-state index is 0.328. The van der Waals surface area contributed by atoms with E-state index >= 15 is 0 Å². The number of hydrogen-bond acceptors (Lipinski definition) is 3. The van der Waals surface area contributed by atoms with Crippen molar-refractivity contribution >= 4 is 5.96 Å². The first-order valence-electron chi connectivity index (χ1n) is 8.21. The van der Waals surface area contributed by atoms with E-state index in [0.29, 0.717) is 12.8 Å². The van der Waals surface area contributed by atoms with Crippen LogP contribution in [0.3, 0.4) is 0 Å². The van der Waals surface area contributed by atoms with Crippen molar-refractivity contribution in [3.8, 4) is 11.5 Å². The third kappa shape index (κ3) is 3.84. The van der Waals surface area contributed by atoms with Gasteiger partial charge in [0.15, 0.2) is 17.5 Å². The maximum Gasteiger partial charge on any atom is 0.231 e. The van der Waals surface area contributed by atoms with Crippen LogP contribution in [0.2, 0.25) is 0 Å². The van der Waals surface area contributed by atoms with E-state index in [4.69, 9.17) is 9.47 Å². The van der Waals surface area contributed by atoms with Gasteiger partial charge in [-0.15, -0.1) is 0 Å². The van der Waals surface area contributed by atoms with E-state index in [2.05, 4.69) is 27.8 Å². The number of rotatable bonds is 4. The first-order valence-corrected chi connectivity index (χ1v) is 8.21. The second kappa shape index (κ2) is 7.38. The van der Waals surface area contributed by atoms with Gasteiger partial charge in [-0.1, -0.05) is 25.3 Å². The van der Waals surface area contributed by atoms with E-state index < -0.39 is 0 Å². The highest BCUT2D eigenvalue weighted by molar-refractivity contribution is 5.79. The van der Waals surface area contributed by atoms with E-state index in [1.165, 1.54) is 37.7 Å². The van der Waals surface area contributed by atoms with Crippen molar-refractivity contribution in [2.75, 3.05) is 20.4 Å². The lowest BCUT2D eigenvalue weighted by Crippen LogP contribution is -2.44. The van der Waals surface area contributed by atoms with Gasteiger partial charge in [0.2, 0.25) is 6.79 Å². The van der Waals surface area contributed by atoms with Gasteiger partial charge in [-0.3, -0.25) is 4.99 Å². The van der Waals surface area contributed by atoms with Gasteiger partial charge in [0.05, 0.1) is 0 Å². The number of benzene rings is 1. The van der Waals surface area contributed by atoms with Crippen molar-refractivity contribution in [3.05, 3.63) is 23.8 Å². The molecule has 1 fully saturated rings. The number of nitrogens with zero attached hydrogens (tertiary/aromatic N) is 1. The van der Waals surface area contributed by atoms with Crippen LogP contribution in [-0.2, 0) is 6.42 Å². The number of fused-ring (bicyclic) bond motifs is 1. The molecule has 5 heteroatoms. The number of hydrogen-bond donors (Lipinski definition) is 2. The number of nitrogens with one attached hydrogen (secondary N) is 2. The van der Waals surface area contributed by atoms with Crippen molar-refractivity contribution in [2.45, 2.75) is 44.6 Å². The van der Waals surface area contributed by atoms with Gasteiger partial charge in [0, 0.05) is 19.6 Å². The van der Waals surface area contributed by atoms with Gasteiger partial charge >= 0.3 is 0 Å². The third-order valence-electron chi connectivity index (χ3n) is 4.31. The van der Waals surface area contributed by atoms with Crippen molar-refractivity contribution in [3.63, 3.8) is 0 Å². The van der Waals surface area contributed by atoms with Crippen LogP contribution in [0.15, 0.2) is 23.2 Å². The van der Waals surface area contributed by atoms with Crippen LogP contribution in [0, 0.1) is 0 Å². The Balaban J connectivity index is 1.45. The van der Waals surface area contributed by atoms with Crippen LogP contribution in [0.5, 0.6) is 11.5 Å². The fraction of sp³-hybridized carbons (Fsp3) is 0.588. The molecule has 2 N–H and O–H groups in total. The standard InChI is InChI=1S/C17H25N3O2/c1-18-17(20-14-5-3-2-4-6-14)19-10-9-13-7-8-15-16(11-13)22-12-21-15/h7-8,11,14H,2-6,9-10,12H2,1H3,(H2,18,19,20). The third-order valence-corrected chi connectivity index (χ3v) is 4.31. The molecule has 0 amide bonds. The Labute approximate surface area is 132 Å². The zero-order chi connectivity index (χ0) is 15.2. The van der Waals surface area contributed by atoms with Crippen LogP contribution in [0.1, 0.15) is 37.7 Å². The molecule has 0 aromatic heterocycles. The molecule has 2 aliphatic rings. The van der Waals surface area contributed by atoms with Gasteiger partial charge in [0.25, 0.3) is 0 Å². The first-order chi connectivity index (χ1) is 10.8. The Bertz CT molecular complexity index is 525. The average molecular weight is 303 g/mol. The normalized spacial score (nSPS) is 18.3. The Morgan fingerprint density at radius 1 is 1.18 bits per heavy atom. The summed E-state index contributed by atoms with van der Waals surface area (Å²) in [6.45, 7) is 1.18. The van der Waals surface area contributed by atoms with E-state index in [0.717, 1.165) is 30.4 Å². The topological polar surface area (TPSA) is 54.9 Å². The molecule has 22 heavy (non-hydrogen) atoms. The molecule has 0 unspecified atom stereocenters. The summed E-state index contributed by atoms with van der Waals surface area (Å²) in [6.07, 6.45) is 7.46. The van der Waals surface area contributed by atoms with Gasteiger partial charge in [0.1, 0.15) is 0 Å². The summed E-state index contributed by atoms with van der Waals surface area (Å²) in [5.74, 6) is 2.60. The summed E-state index contributed by atoms with van der Waals surface area (Å²) in [6, 6.07) is 6.70. The molecule has 1 aromatic carbocycles. The molecule has 0 spiro atoms. The van der Waals surface area contributed by atoms with Crippen molar-refractivity contribution < 1.29 is 9.47 Å². The molecular weight excluding hydrogens is 278 g/mol. The SMILES string of the molecule is CN=C(NCCc1ccc2c(c1)OCO2)NC1CCCCC1. The summed E-state index contributed by atoms with van der Waals surface area (Å²) in [5.41, 5.74) is 1.24. The fourth-order valence-electron chi connectivity index (χ4n) is 3.06. The second-order valence-corrected chi connectivity index (χ2v) is 5.92. The molecule has 0 radical (unpaired) electrons. The van der Waals surface area contributed by atoms with Gasteiger partial charge in [-0.05, 0) is 37.0 Å². The van der Waals surface area contributed by atoms with Gasteiger partial charge < -0.3 is 20.1 Å². The van der Waals surface area contributed by atoms with E-state index in [1.807, 2.05) is 13.1 Å². The lowest BCUT2D eigenvalue weighted by atomic mass is 9.96. The van der Waals surface area contributed by atoms with Crippen molar-refractivity contribution in [1.29, 1.82) is 0 Å². The van der Waals surface area contributed by atoms with Crippen LogP contribution in [-0.4, -0.2) is 32.4 Å². The molecule has 120 valence electrons. The van der Waals surface area contributed by atoms with Crippen molar-refractivity contribution in [1.82, 2.24) is 10.6 Å². The molecule has 1 aromatic rings. The summed E-state index contributed by atoms with van der Waals surface area (Å²) >= 11 is 0. The van der Waals surface area contributed by atoms with Crippen LogP contribution < -0.4 is 20.1 Å². The predicted molar refractivity (Wildman–Crippen MR) is 87.6 cm³/mol. The highest BCUT2D eigenvalue weighted by atomic mass is 16.7. The monoisotopic (exact) mass is 303 g/mol. The van der Waals surface area contributed by atoms with Gasteiger partial charge in [-0.25, -0.2) is 0 Å². The molecule has 0 saturated heterocycles. The first kappa shape index (κ1) is 15.0. The summed E-state index contributed by atoms with van der Waals surface area (Å²) in [5, 5.41) is 6.93. The highest BCUT2D eigenvalue weighted by Crippen LogP contribution is 2.32. The Morgan fingerprint density at radius 2 is 2.00 bits per heavy atom. The lowest BCUT2D eigenvalue weighted by Gasteiger charge is -2.24. The Hall–Kier alpha value is -1.91. The minimum absolute atomic E-state index is 0.328. The molecule has 1 aliphatic carbocycles. The van der Waals surface area contributed by atoms with E-state index in [1.54, 1.807) is 0 Å². The zero-order valence-corrected chi connectivity index (χ0v) is 13.2. The maximum atomic E-state index is 5.41. The Kier molecular flexibility index (Phi) is 5.03. The maximum absolute atomic E-state index is 5.41. The number of aliphatic imine (C=N–C) groups is 1. The fourth-order valence-corrected chi connectivity index (χ4v) is 3.06. The molecule has 3 rings (SSSR count). The molecule has 1 saturated carbocycles. The van der Waals surface area contributed by atoms with Gasteiger partial charge in [-0.2, -0.15) is 0 Å². The molecular formula is C17H25N3O2. The molecule has 1 heterocycles. The molecule has 1 aliphatic heterocycles. The molecule has 5 nitrogen and oxygen atoms in total. The van der Waals surface area contributed by atoms with Crippen LogP contribution >= 0.6 is 0 Å². The highest BCUT2D eigenvalue weighted by Gasteiger charge is 2.15. The molecule has 0 atom stereocenters. The number of guanidine groups is 1. The summed E-state index contributed by atoms with van der Waals surface area (Å²) < 4.78 is 10.7. The van der Waals surface area contributed by atoms with Crippen LogP contribution in [0.4, 0.5) is 0 Å². The van der Waals surface area contributed by atoms with E-state index in [9.17, 15) is 0 Å². The number of ether oxygens (including phenoxy) is 2. The molecule has 0 bridgehead atoms. The lowest BCUT2D eigenvalue weighted by molar-refractivity contribution is 0.174. The second-order valence-electron chi connectivity index (χ2n) is 5.92. The minimum Gasteiger partial charge on any atom is -0.454 e.